The Bertz CT molecular complexity index is 799. The summed E-state index contributed by atoms with van der Waals surface area (Å²) in [7, 11) is -3.04. The molecule has 0 spiro atoms. The second-order valence-corrected chi connectivity index (χ2v) is 9.91. The Balaban J connectivity index is 1.29. The summed E-state index contributed by atoms with van der Waals surface area (Å²) in [5, 5.41) is 0. The minimum absolute atomic E-state index is 0.0179. The van der Waals surface area contributed by atoms with Gasteiger partial charge in [-0.1, -0.05) is 0 Å². The molecule has 3 aliphatic rings. The fraction of sp³-hybridized carbons (Fsp3) is 0.667. The molecule has 8 nitrogen and oxygen atoms in total. The monoisotopic (exact) mass is 395 g/mol. The van der Waals surface area contributed by atoms with E-state index in [1.165, 1.54) is 0 Å². The van der Waals surface area contributed by atoms with Crippen LogP contribution in [0.15, 0.2) is 22.8 Å². The third-order valence-corrected chi connectivity index (χ3v) is 7.55. The van der Waals surface area contributed by atoms with Crippen LogP contribution in [0.25, 0.3) is 0 Å². The van der Waals surface area contributed by atoms with E-state index >= 15 is 0 Å². The third kappa shape index (κ3) is 4.03. The van der Waals surface area contributed by atoms with Gasteiger partial charge in [-0.05, 0) is 18.6 Å². The van der Waals surface area contributed by atoms with Crippen molar-refractivity contribution in [3.63, 3.8) is 0 Å². The zero-order valence-electron chi connectivity index (χ0n) is 15.2. The van der Waals surface area contributed by atoms with E-state index in [-0.39, 0.29) is 41.7 Å². The second-order valence-electron chi connectivity index (χ2n) is 7.68. The van der Waals surface area contributed by atoms with E-state index in [0.717, 1.165) is 25.4 Å². The first-order valence-corrected chi connectivity index (χ1v) is 11.3. The molecule has 3 fully saturated rings. The Morgan fingerprint density at radius 1 is 1.22 bits per heavy atom. The maximum absolute atomic E-state index is 12.8. The number of piperazine rings is 1. The lowest BCUT2D eigenvalue weighted by molar-refractivity contribution is -0.137. The highest BCUT2D eigenvalue weighted by Crippen LogP contribution is 2.27. The van der Waals surface area contributed by atoms with Crippen LogP contribution in [0, 0.1) is 5.92 Å². The molecule has 0 unspecified atom stereocenters. The van der Waals surface area contributed by atoms with Gasteiger partial charge in [0.15, 0.2) is 9.84 Å². The van der Waals surface area contributed by atoms with Crippen molar-refractivity contribution in [1.29, 1.82) is 0 Å². The van der Waals surface area contributed by atoms with E-state index in [9.17, 15) is 18.0 Å². The van der Waals surface area contributed by atoms with Crippen molar-refractivity contribution in [3.05, 3.63) is 24.2 Å². The average molecular weight is 395 g/mol. The molecule has 0 aromatic carbocycles. The summed E-state index contributed by atoms with van der Waals surface area (Å²) in [4.78, 5) is 30.9. The molecule has 2 amide bonds. The normalized spacial score (nSPS) is 28.8. The van der Waals surface area contributed by atoms with Gasteiger partial charge in [0.1, 0.15) is 5.76 Å². The molecule has 4 rings (SSSR count). The quantitative estimate of drug-likeness (QED) is 0.711. The Kier molecular flexibility index (Phi) is 4.98. The van der Waals surface area contributed by atoms with Crippen molar-refractivity contribution in [1.82, 2.24) is 14.7 Å². The molecule has 4 heterocycles. The largest absolute Gasteiger partial charge is 0.468 e. The minimum Gasteiger partial charge on any atom is -0.468 e. The van der Waals surface area contributed by atoms with Crippen LogP contribution >= 0.6 is 0 Å². The first kappa shape index (κ1) is 18.5. The van der Waals surface area contributed by atoms with Crippen molar-refractivity contribution in [3.8, 4) is 0 Å². The SMILES string of the molecule is O=C([C@H]1CC(=O)N([C@H]2CCS(=O)(=O)C2)C1)N1CCN(Cc2ccco2)CC1. The van der Waals surface area contributed by atoms with E-state index in [0.29, 0.717) is 26.1 Å². The zero-order valence-corrected chi connectivity index (χ0v) is 16.1. The molecule has 9 heteroatoms. The molecule has 0 radical (unpaired) electrons. The molecule has 27 heavy (non-hydrogen) atoms. The number of carbonyl (C=O) groups excluding carboxylic acids is 2. The summed E-state index contributed by atoms with van der Waals surface area (Å²) in [6.45, 7) is 3.92. The molecule has 1 aromatic rings. The summed E-state index contributed by atoms with van der Waals surface area (Å²) < 4.78 is 28.7. The van der Waals surface area contributed by atoms with Gasteiger partial charge in [-0.2, -0.15) is 0 Å². The van der Waals surface area contributed by atoms with Crippen LogP contribution in [0.3, 0.4) is 0 Å². The second kappa shape index (κ2) is 7.27. The number of sulfone groups is 1. The van der Waals surface area contributed by atoms with Crippen molar-refractivity contribution >= 4 is 21.7 Å². The van der Waals surface area contributed by atoms with Crippen LogP contribution in [-0.2, 0) is 26.0 Å². The van der Waals surface area contributed by atoms with Crippen LogP contribution < -0.4 is 0 Å². The third-order valence-electron chi connectivity index (χ3n) is 5.80. The number of hydrogen-bond donors (Lipinski definition) is 0. The molecule has 3 saturated heterocycles. The van der Waals surface area contributed by atoms with E-state index < -0.39 is 9.84 Å². The predicted molar refractivity (Wildman–Crippen MR) is 97.4 cm³/mol. The molecule has 0 bridgehead atoms. The summed E-state index contributed by atoms with van der Waals surface area (Å²) >= 11 is 0. The molecule has 0 saturated carbocycles. The lowest BCUT2D eigenvalue weighted by atomic mass is 10.1. The van der Waals surface area contributed by atoms with E-state index in [1.54, 1.807) is 11.2 Å². The molecule has 1 aromatic heterocycles. The minimum atomic E-state index is -3.04. The van der Waals surface area contributed by atoms with Crippen molar-refractivity contribution in [2.24, 2.45) is 5.92 Å². The summed E-state index contributed by atoms with van der Waals surface area (Å²) in [6, 6.07) is 3.55. The van der Waals surface area contributed by atoms with Gasteiger partial charge >= 0.3 is 0 Å². The summed E-state index contributed by atoms with van der Waals surface area (Å²) in [5.41, 5.74) is 0. The van der Waals surface area contributed by atoms with Crippen molar-refractivity contribution < 1.29 is 22.4 Å². The van der Waals surface area contributed by atoms with E-state index in [1.807, 2.05) is 17.0 Å². The fourth-order valence-electron chi connectivity index (χ4n) is 4.28. The van der Waals surface area contributed by atoms with Crippen LogP contribution in [0.1, 0.15) is 18.6 Å². The molecular formula is C18H25N3O5S. The Labute approximate surface area is 159 Å². The van der Waals surface area contributed by atoms with Crippen LogP contribution in [-0.4, -0.2) is 85.2 Å². The summed E-state index contributed by atoms with van der Waals surface area (Å²) in [6.07, 6.45) is 2.34. The average Bonchev–Trinajstić information content (AvgIpc) is 3.35. The molecule has 0 aliphatic carbocycles. The highest BCUT2D eigenvalue weighted by molar-refractivity contribution is 7.91. The Morgan fingerprint density at radius 2 is 2.00 bits per heavy atom. The molecule has 2 atom stereocenters. The fourth-order valence-corrected chi connectivity index (χ4v) is 6.01. The first-order valence-electron chi connectivity index (χ1n) is 9.45. The molecule has 3 aliphatic heterocycles. The Morgan fingerprint density at radius 3 is 2.63 bits per heavy atom. The Hall–Kier alpha value is -1.87. The number of rotatable bonds is 4. The van der Waals surface area contributed by atoms with Crippen molar-refractivity contribution in [2.75, 3.05) is 44.2 Å². The van der Waals surface area contributed by atoms with E-state index in [4.69, 9.17) is 4.42 Å². The summed E-state index contributed by atoms with van der Waals surface area (Å²) in [5.74, 6) is 0.662. The smallest absolute Gasteiger partial charge is 0.228 e. The van der Waals surface area contributed by atoms with Gasteiger partial charge in [0.25, 0.3) is 0 Å². The van der Waals surface area contributed by atoms with Gasteiger partial charge in [0, 0.05) is 45.2 Å². The van der Waals surface area contributed by atoms with Crippen LogP contribution in [0.2, 0.25) is 0 Å². The topological polar surface area (TPSA) is 91.1 Å². The van der Waals surface area contributed by atoms with Gasteiger partial charge < -0.3 is 14.2 Å². The van der Waals surface area contributed by atoms with E-state index in [2.05, 4.69) is 4.90 Å². The van der Waals surface area contributed by atoms with Crippen LogP contribution in [0.5, 0.6) is 0 Å². The first-order chi connectivity index (χ1) is 12.9. The number of nitrogens with zero attached hydrogens (tertiary/aromatic N) is 3. The lowest BCUT2D eigenvalue weighted by Gasteiger charge is -2.35. The zero-order chi connectivity index (χ0) is 19.0. The number of carbonyl (C=O) groups is 2. The maximum atomic E-state index is 12.8. The number of furan rings is 1. The number of likely N-dealkylation sites (tertiary alicyclic amines) is 1. The van der Waals surface area contributed by atoms with Gasteiger partial charge in [-0.3, -0.25) is 14.5 Å². The van der Waals surface area contributed by atoms with Crippen LogP contribution in [0.4, 0.5) is 0 Å². The number of amides is 2. The van der Waals surface area contributed by atoms with Gasteiger partial charge in [-0.15, -0.1) is 0 Å². The highest BCUT2D eigenvalue weighted by Gasteiger charge is 2.43. The highest BCUT2D eigenvalue weighted by atomic mass is 32.2. The maximum Gasteiger partial charge on any atom is 0.228 e. The number of hydrogen-bond acceptors (Lipinski definition) is 6. The standard InChI is InChI=1S/C18H25N3O5S/c22-17-10-14(11-21(17)15-3-9-27(24,25)13-15)18(23)20-6-4-19(5-7-20)12-16-2-1-8-26-16/h1-2,8,14-15H,3-7,9-13H2/t14-,15-/m0/s1. The molecule has 0 N–H and O–H groups in total. The molecule has 148 valence electrons. The predicted octanol–water partition coefficient (Wildman–Crippen LogP) is -0.0406. The van der Waals surface area contributed by atoms with Gasteiger partial charge in [0.2, 0.25) is 11.8 Å². The van der Waals surface area contributed by atoms with Crippen molar-refractivity contribution in [2.45, 2.75) is 25.4 Å². The van der Waals surface area contributed by atoms with Gasteiger partial charge in [-0.25, -0.2) is 8.42 Å². The lowest BCUT2D eigenvalue weighted by Crippen LogP contribution is -2.50. The van der Waals surface area contributed by atoms with Gasteiger partial charge in [0.05, 0.1) is 30.2 Å². The molecular weight excluding hydrogens is 370 g/mol.